The van der Waals surface area contributed by atoms with Crippen LogP contribution in [0.5, 0.6) is 0 Å². The van der Waals surface area contributed by atoms with Crippen molar-refractivity contribution in [3.63, 3.8) is 0 Å². The summed E-state index contributed by atoms with van der Waals surface area (Å²) in [6.07, 6.45) is 1.67. The number of aliphatic hydroxyl groups is 1. The molecule has 6 nitrogen and oxygen atoms in total. The monoisotopic (exact) mass is 349 g/mol. The molecule has 0 saturated heterocycles. The second kappa shape index (κ2) is 7.92. The van der Waals surface area contributed by atoms with Crippen LogP contribution in [0.1, 0.15) is 44.2 Å². The number of halogens is 1. The lowest BCUT2D eigenvalue weighted by Gasteiger charge is -2.26. The van der Waals surface area contributed by atoms with Gasteiger partial charge in [-0.2, -0.15) is 0 Å². The van der Waals surface area contributed by atoms with Crippen molar-refractivity contribution < 1.29 is 29.0 Å². The van der Waals surface area contributed by atoms with Crippen LogP contribution in [0.25, 0.3) is 0 Å². The molecule has 2 N–H and O–H groups in total. The topological polar surface area (TPSA) is 94.9 Å². The summed E-state index contributed by atoms with van der Waals surface area (Å²) < 4.78 is 13.2. The number of aliphatic carboxylic acids is 1. The van der Waals surface area contributed by atoms with Crippen LogP contribution < -0.4 is 0 Å². The van der Waals surface area contributed by atoms with Crippen molar-refractivity contribution in [3.05, 3.63) is 47.0 Å². The Hall–Kier alpha value is -2.70. The van der Waals surface area contributed by atoms with E-state index in [9.17, 15) is 23.9 Å². The molecule has 1 aromatic rings. The van der Waals surface area contributed by atoms with Crippen molar-refractivity contribution in [3.8, 4) is 0 Å². The molecule has 1 atom stereocenters. The summed E-state index contributed by atoms with van der Waals surface area (Å²) in [5.74, 6) is -2.95. The van der Waals surface area contributed by atoms with Gasteiger partial charge in [-0.25, -0.2) is 4.39 Å². The molecule has 0 spiro atoms. The van der Waals surface area contributed by atoms with E-state index in [2.05, 4.69) is 0 Å². The van der Waals surface area contributed by atoms with Gasteiger partial charge in [-0.05, 0) is 37.5 Å². The van der Waals surface area contributed by atoms with Gasteiger partial charge in [-0.1, -0.05) is 18.6 Å². The van der Waals surface area contributed by atoms with Crippen LogP contribution >= 0.6 is 0 Å². The van der Waals surface area contributed by atoms with Crippen molar-refractivity contribution in [2.75, 3.05) is 6.54 Å². The Morgan fingerprint density at radius 1 is 1.16 bits per heavy atom. The number of unbranched alkanes of at least 4 members (excludes halogenated alkanes) is 2. The zero-order valence-corrected chi connectivity index (χ0v) is 13.9. The first-order chi connectivity index (χ1) is 11.8. The molecule has 25 heavy (non-hydrogen) atoms. The SMILES string of the molecule is CC(=O)C1=C(O)C(=O)N(CCCCCC(=O)O)[C@H]1c1ccc(F)cc1. The van der Waals surface area contributed by atoms with Gasteiger partial charge >= 0.3 is 5.97 Å². The van der Waals surface area contributed by atoms with Gasteiger partial charge in [0.15, 0.2) is 11.5 Å². The van der Waals surface area contributed by atoms with Gasteiger partial charge in [0, 0.05) is 13.0 Å². The number of carboxylic acid groups (broad SMARTS) is 1. The van der Waals surface area contributed by atoms with Crippen LogP contribution in [-0.2, 0) is 14.4 Å². The molecule has 0 aromatic heterocycles. The maximum Gasteiger partial charge on any atom is 0.303 e. The highest BCUT2D eigenvalue weighted by Crippen LogP contribution is 2.37. The Kier molecular flexibility index (Phi) is 5.90. The van der Waals surface area contributed by atoms with E-state index in [4.69, 9.17) is 5.11 Å². The number of nitrogens with zero attached hydrogens (tertiary/aromatic N) is 1. The molecule has 0 unspecified atom stereocenters. The predicted octanol–water partition coefficient (Wildman–Crippen LogP) is 2.76. The van der Waals surface area contributed by atoms with Gasteiger partial charge in [-0.15, -0.1) is 0 Å². The Balaban J connectivity index is 2.19. The Morgan fingerprint density at radius 3 is 2.36 bits per heavy atom. The summed E-state index contributed by atoms with van der Waals surface area (Å²) in [5.41, 5.74) is 0.539. The molecular weight excluding hydrogens is 329 g/mol. The van der Waals surface area contributed by atoms with Gasteiger partial charge in [0.05, 0.1) is 11.6 Å². The Bertz CT molecular complexity index is 711. The van der Waals surface area contributed by atoms with E-state index in [1.54, 1.807) is 0 Å². The van der Waals surface area contributed by atoms with Crippen LogP contribution in [0.3, 0.4) is 0 Å². The van der Waals surface area contributed by atoms with E-state index >= 15 is 0 Å². The molecule has 0 fully saturated rings. The van der Waals surface area contributed by atoms with Crippen molar-refractivity contribution in [2.24, 2.45) is 0 Å². The molecule has 7 heteroatoms. The van der Waals surface area contributed by atoms with Gasteiger partial charge < -0.3 is 15.1 Å². The van der Waals surface area contributed by atoms with E-state index in [-0.39, 0.29) is 18.5 Å². The summed E-state index contributed by atoms with van der Waals surface area (Å²) in [5, 5.41) is 18.7. The molecule has 0 bridgehead atoms. The van der Waals surface area contributed by atoms with Crippen LogP contribution in [0.4, 0.5) is 4.39 Å². The smallest absolute Gasteiger partial charge is 0.303 e. The zero-order valence-electron chi connectivity index (χ0n) is 13.9. The fourth-order valence-electron chi connectivity index (χ4n) is 2.97. The number of Topliss-reactive ketones (excluding diaryl/α,β-unsaturated/α-hetero) is 1. The quantitative estimate of drug-likeness (QED) is 0.704. The second-order valence-corrected chi connectivity index (χ2v) is 5.98. The van der Waals surface area contributed by atoms with E-state index < -0.39 is 35.3 Å². The second-order valence-electron chi connectivity index (χ2n) is 5.98. The van der Waals surface area contributed by atoms with Crippen LogP contribution in [-0.4, -0.2) is 39.3 Å². The average Bonchev–Trinajstić information content (AvgIpc) is 2.80. The van der Waals surface area contributed by atoms with E-state index in [1.165, 1.54) is 36.1 Å². The Labute approximate surface area is 144 Å². The maximum absolute atomic E-state index is 13.2. The van der Waals surface area contributed by atoms with E-state index in [1.807, 2.05) is 0 Å². The van der Waals surface area contributed by atoms with Gasteiger partial charge in [0.2, 0.25) is 0 Å². The normalized spacial score (nSPS) is 17.3. The van der Waals surface area contributed by atoms with E-state index in [0.29, 0.717) is 24.8 Å². The molecule has 0 radical (unpaired) electrons. The molecular formula is C18H20FNO5. The number of carboxylic acids is 1. The first-order valence-corrected chi connectivity index (χ1v) is 8.05. The molecule has 134 valence electrons. The summed E-state index contributed by atoms with van der Waals surface area (Å²) in [4.78, 5) is 36.2. The Morgan fingerprint density at radius 2 is 1.80 bits per heavy atom. The summed E-state index contributed by atoms with van der Waals surface area (Å²) in [7, 11) is 0. The number of benzene rings is 1. The zero-order chi connectivity index (χ0) is 18.6. The summed E-state index contributed by atoms with van der Waals surface area (Å²) >= 11 is 0. The third-order valence-electron chi connectivity index (χ3n) is 4.16. The minimum atomic E-state index is -0.875. The van der Waals surface area contributed by atoms with Crippen molar-refractivity contribution >= 4 is 17.7 Å². The maximum atomic E-state index is 13.2. The minimum absolute atomic E-state index is 0.00199. The lowest BCUT2D eigenvalue weighted by molar-refractivity contribution is -0.137. The lowest BCUT2D eigenvalue weighted by atomic mass is 9.96. The summed E-state index contributed by atoms with van der Waals surface area (Å²) in [6, 6.07) is 4.67. The lowest BCUT2D eigenvalue weighted by Crippen LogP contribution is -2.32. The first-order valence-electron chi connectivity index (χ1n) is 8.05. The van der Waals surface area contributed by atoms with E-state index in [0.717, 1.165) is 0 Å². The van der Waals surface area contributed by atoms with Crippen molar-refractivity contribution in [1.82, 2.24) is 4.90 Å². The van der Waals surface area contributed by atoms with Gasteiger partial charge in [0.1, 0.15) is 5.82 Å². The van der Waals surface area contributed by atoms with Gasteiger partial charge in [-0.3, -0.25) is 14.4 Å². The fourth-order valence-corrected chi connectivity index (χ4v) is 2.97. The number of amides is 1. The number of aliphatic hydroxyl groups excluding tert-OH is 1. The molecule has 1 aliphatic heterocycles. The number of hydrogen-bond donors (Lipinski definition) is 2. The number of carbonyl (C=O) groups excluding carboxylic acids is 2. The molecule has 1 amide bonds. The molecule has 1 aromatic carbocycles. The molecule has 2 rings (SSSR count). The predicted molar refractivity (Wildman–Crippen MR) is 87.3 cm³/mol. The highest BCUT2D eigenvalue weighted by atomic mass is 19.1. The number of carbonyl (C=O) groups is 3. The largest absolute Gasteiger partial charge is 0.503 e. The minimum Gasteiger partial charge on any atom is -0.503 e. The number of rotatable bonds is 8. The third kappa shape index (κ3) is 4.23. The molecule has 1 heterocycles. The first kappa shape index (κ1) is 18.6. The average molecular weight is 349 g/mol. The van der Waals surface area contributed by atoms with Crippen LogP contribution in [0.15, 0.2) is 35.6 Å². The molecule has 0 saturated carbocycles. The summed E-state index contributed by atoms with van der Waals surface area (Å²) in [6.45, 7) is 1.53. The highest BCUT2D eigenvalue weighted by molar-refractivity contribution is 6.08. The third-order valence-corrected chi connectivity index (χ3v) is 4.16. The number of ketones is 1. The standard InChI is InChI=1S/C18H20FNO5/c1-11(21)15-16(12-6-8-13(19)9-7-12)20(18(25)17(15)24)10-4-2-3-5-14(22)23/h6-9,16,24H,2-5,10H2,1H3,(H,22,23)/t16-/m0/s1. The molecule has 1 aliphatic rings. The highest BCUT2D eigenvalue weighted by Gasteiger charge is 2.41. The van der Waals surface area contributed by atoms with Crippen molar-refractivity contribution in [1.29, 1.82) is 0 Å². The van der Waals surface area contributed by atoms with Crippen molar-refractivity contribution in [2.45, 2.75) is 38.6 Å². The molecule has 0 aliphatic carbocycles. The number of hydrogen-bond acceptors (Lipinski definition) is 4. The van der Waals surface area contributed by atoms with Gasteiger partial charge in [0.25, 0.3) is 5.91 Å². The van der Waals surface area contributed by atoms with Crippen LogP contribution in [0.2, 0.25) is 0 Å². The fraction of sp³-hybridized carbons (Fsp3) is 0.389. The van der Waals surface area contributed by atoms with Crippen LogP contribution in [0, 0.1) is 5.82 Å².